The van der Waals surface area contributed by atoms with Gasteiger partial charge in [-0.2, -0.15) is 0 Å². The van der Waals surface area contributed by atoms with E-state index in [-0.39, 0.29) is 11.9 Å². The fraction of sp³-hybridized carbons (Fsp3) is 0.350. The Morgan fingerprint density at radius 3 is 3.04 bits per heavy atom. The third kappa shape index (κ3) is 2.93. The van der Waals surface area contributed by atoms with Crippen molar-refractivity contribution >= 4 is 28.1 Å². The van der Waals surface area contributed by atoms with Crippen molar-refractivity contribution in [1.82, 2.24) is 9.88 Å². The minimum atomic E-state index is 0.174. The molecule has 1 aliphatic rings. The molecule has 1 N–H and O–H groups in total. The van der Waals surface area contributed by atoms with E-state index in [1.54, 1.807) is 7.11 Å². The zero-order valence-electron chi connectivity index (χ0n) is 14.5. The standard InChI is InChI=1S/C20H22N2O2S/c1-13-16(17-12-15(24-2)7-8-18(17)21-13)11-14-5-3-9-22(14)20(23)19-6-4-10-25-19/h4,6-8,10,12,14,21H,3,5,9,11H2,1-2H3. The summed E-state index contributed by atoms with van der Waals surface area (Å²) in [5.41, 5.74) is 3.60. The second-order valence-corrected chi connectivity index (χ2v) is 7.56. The van der Waals surface area contributed by atoms with Gasteiger partial charge >= 0.3 is 0 Å². The van der Waals surface area contributed by atoms with Crippen LogP contribution >= 0.6 is 11.3 Å². The lowest BCUT2D eigenvalue weighted by atomic mass is 10.0. The molecule has 2 aromatic heterocycles. The molecule has 1 unspecified atom stereocenters. The predicted molar refractivity (Wildman–Crippen MR) is 102 cm³/mol. The van der Waals surface area contributed by atoms with Crippen molar-refractivity contribution in [2.45, 2.75) is 32.2 Å². The van der Waals surface area contributed by atoms with Crippen molar-refractivity contribution in [2.24, 2.45) is 0 Å². The summed E-state index contributed by atoms with van der Waals surface area (Å²) in [6.07, 6.45) is 3.02. The van der Waals surface area contributed by atoms with Crippen molar-refractivity contribution in [3.8, 4) is 5.75 Å². The minimum absolute atomic E-state index is 0.174. The van der Waals surface area contributed by atoms with Crippen LogP contribution < -0.4 is 4.74 Å². The first kappa shape index (κ1) is 16.2. The van der Waals surface area contributed by atoms with Crippen LogP contribution in [0.4, 0.5) is 0 Å². The summed E-state index contributed by atoms with van der Waals surface area (Å²) in [6, 6.07) is 10.3. The topological polar surface area (TPSA) is 45.3 Å². The van der Waals surface area contributed by atoms with E-state index in [9.17, 15) is 4.79 Å². The fourth-order valence-electron chi connectivity index (χ4n) is 3.84. The number of carbonyl (C=O) groups excluding carboxylic acids is 1. The van der Waals surface area contributed by atoms with Crippen molar-refractivity contribution in [2.75, 3.05) is 13.7 Å². The third-order valence-electron chi connectivity index (χ3n) is 5.14. The highest BCUT2D eigenvalue weighted by Gasteiger charge is 2.31. The Kier molecular flexibility index (Phi) is 4.25. The molecule has 0 bridgehead atoms. The number of aromatic nitrogens is 1. The Balaban J connectivity index is 1.64. The molecule has 1 saturated heterocycles. The van der Waals surface area contributed by atoms with Gasteiger partial charge in [-0.3, -0.25) is 4.79 Å². The number of hydrogen-bond acceptors (Lipinski definition) is 3. The lowest BCUT2D eigenvalue weighted by molar-refractivity contribution is 0.0741. The second-order valence-electron chi connectivity index (χ2n) is 6.62. The number of aromatic amines is 1. The van der Waals surface area contributed by atoms with Gasteiger partial charge in [0, 0.05) is 29.2 Å². The van der Waals surface area contributed by atoms with Gasteiger partial charge in [0.15, 0.2) is 0 Å². The van der Waals surface area contributed by atoms with Crippen LogP contribution in [0.25, 0.3) is 10.9 Å². The number of H-pyrrole nitrogens is 1. The van der Waals surface area contributed by atoms with Crippen molar-refractivity contribution in [3.63, 3.8) is 0 Å². The third-order valence-corrected chi connectivity index (χ3v) is 5.99. The molecule has 1 amide bonds. The highest BCUT2D eigenvalue weighted by atomic mass is 32.1. The van der Waals surface area contributed by atoms with Crippen LogP contribution in [-0.4, -0.2) is 35.5 Å². The summed E-state index contributed by atoms with van der Waals surface area (Å²) < 4.78 is 5.39. The van der Waals surface area contributed by atoms with E-state index in [1.165, 1.54) is 28.0 Å². The van der Waals surface area contributed by atoms with E-state index in [2.05, 4.69) is 28.9 Å². The number of nitrogens with one attached hydrogen (secondary N) is 1. The van der Waals surface area contributed by atoms with Gasteiger partial charge in [0.2, 0.25) is 0 Å². The van der Waals surface area contributed by atoms with Crippen LogP contribution in [0, 0.1) is 6.92 Å². The molecule has 4 rings (SSSR count). The quantitative estimate of drug-likeness (QED) is 0.755. The number of thiophene rings is 1. The largest absolute Gasteiger partial charge is 0.497 e. The molecule has 130 valence electrons. The van der Waals surface area contributed by atoms with Gasteiger partial charge in [-0.1, -0.05) is 6.07 Å². The Bertz CT molecular complexity index is 898. The SMILES string of the molecule is COc1ccc2[nH]c(C)c(CC3CCCN3C(=O)c3cccs3)c2c1. The van der Waals surface area contributed by atoms with Crippen LogP contribution in [0.3, 0.4) is 0 Å². The highest BCUT2D eigenvalue weighted by molar-refractivity contribution is 7.12. The van der Waals surface area contributed by atoms with Crippen LogP contribution in [0.5, 0.6) is 5.75 Å². The Morgan fingerprint density at radius 1 is 1.40 bits per heavy atom. The summed E-state index contributed by atoms with van der Waals surface area (Å²) in [7, 11) is 1.69. The lowest BCUT2D eigenvalue weighted by Crippen LogP contribution is -2.36. The number of amides is 1. The summed E-state index contributed by atoms with van der Waals surface area (Å²) in [6.45, 7) is 2.97. The molecule has 3 heterocycles. The zero-order valence-corrected chi connectivity index (χ0v) is 15.4. The van der Waals surface area contributed by atoms with E-state index in [1.807, 2.05) is 23.6 Å². The molecule has 25 heavy (non-hydrogen) atoms. The number of fused-ring (bicyclic) bond motifs is 1. The van der Waals surface area contributed by atoms with E-state index < -0.39 is 0 Å². The van der Waals surface area contributed by atoms with Gasteiger partial charge in [-0.15, -0.1) is 11.3 Å². The summed E-state index contributed by atoms with van der Waals surface area (Å²) in [5, 5.41) is 3.17. The smallest absolute Gasteiger partial charge is 0.264 e. The molecule has 1 fully saturated rings. The van der Waals surface area contributed by atoms with Crippen molar-refractivity contribution in [1.29, 1.82) is 0 Å². The molecular formula is C20H22N2O2S. The van der Waals surface area contributed by atoms with Crippen molar-refractivity contribution < 1.29 is 9.53 Å². The number of carbonyl (C=O) groups is 1. The summed E-state index contributed by atoms with van der Waals surface area (Å²) >= 11 is 1.52. The molecule has 1 aromatic carbocycles. The first-order valence-electron chi connectivity index (χ1n) is 8.67. The molecule has 1 atom stereocenters. The molecule has 0 aliphatic carbocycles. The molecular weight excluding hydrogens is 332 g/mol. The molecule has 0 saturated carbocycles. The van der Waals surface area contributed by atoms with E-state index in [0.717, 1.165) is 42.0 Å². The van der Waals surface area contributed by atoms with Crippen LogP contribution in [0.2, 0.25) is 0 Å². The van der Waals surface area contributed by atoms with Gasteiger partial charge < -0.3 is 14.6 Å². The van der Waals surface area contributed by atoms with E-state index in [0.29, 0.717) is 0 Å². The molecule has 0 spiro atoms. The average molecular weight is 354 g/mol. The Morgan fingerprint density at radius 2 is 2.28 bits per heavy atom. The van der Waals surface area contributed by atoms with Gasteiger partial charge in [0.1, 0.15) is 5.75 Å². The van der Waals surface area contributed by atoms with E-state index >= 15 is 0 Å². The van der Waals surface area contributed by atoms with Crippen LogP contribution in [0.1, 0.15) is 33.8 Å². The molecule has 4 nitrogen and oxygen atoms in total. The fourth-order valence-corrected chi connectivity index (χ4v) is 4.52. The molecule has 3 aromatic rings. The summed E-state index contributed by atoms with van der Waals surface area (Å²) in [4.78, 5) is 19.2. The number of methoxy groups -OCH3 is 1. The number of ether oxygens (including phenoxy) is 1. The Labute approximate surface area is 151 Å². The molecule has 0 radical (unpaired) electrons. The van der Waals surface area contributed by atoms with Gasteiger partial charge in [0.25, 0.3) is 5.91 Å². The van der Waals surface area contributed by atoms with Crippen LogP contribution in [0.15, 0.2) is 35.7 Å². The maximum absolute atomic E-state index is 12.8. The number of benzene rings is 1. The minimum Gasteiger partial charge on any atom is -0.497 e. The lowest BCUT2D eigenvalue weighted by Gasteiger charge is -2.24. The average Bonchev–Trinajstić information content (AvgIpc) is 3.35. The number of nitrogens with zero attached hydrogens (tertiary/aromatic N) is 1. The van der Waals surface area contributed by atoms with Crippen LogP contribution in [-0.2, 0) is 6.42 Å². The van der Waals surface area contributed by atoms with Gasteiger partial charge in [-0.25, -0.2) is 0 Å². The number of hydrogen-bond donors (Lipinski definition) is 1. The maximum atomic E-state index is 12.8. The van der Waals surface area contributed by atoms with Gasteiger partial charge in [0.05, 0.1) is 12.0 Å². The normalized spacial score (nSPS) is 17.4. The molecule has 5 heteroatoms. The second kappa shape index (κ2) is 6.56. The van der Waals surface area contributed by atoms with Gasteiger partial charge in [-0.05, 0) is 61.4 Å². The molecule has 1 aliphatic heterocycles. The predicted octanol–water partition coefficient (Wildman–Crippen LogP) is 4.39. The first-order chi connectivity index (χ1) is 12.2. The number of likely N-dealkylation sites (tertiary alicyclic amines) is 1. The Hall–Kier alpha value is -2.27. The first-order valence-corrected chi connectivity index (χ1v) is 9.55. The number of rotatable bonds is 4. The highest BCUT2D eigenvalue weighted by Crippen LogP contribution is 2.31. The maximum Gasteiger partial charge on any atom is 0.264 e. The van der Waals surface area contributed by atoms with Crippen molar-refractivity contribution in [3.05, 3.63) is 51.8 Å². The monoisotopic (exact) mass is 354 g/mol. The van der Waals surface area contributed by atoms with E-state index in [4.69, 9.17) is 4.74 Å². The zero-order chi connectivity index (χ0) is 17.4. The number of aryl methyl sites for hydroxylation is 1. The summed E-state index contributed by atoms with van der Waals surface area (Å²) in [5.74, 6) is 1.04.